The summed E-state index contributed by atoms with van der Waals surface area (Å²) >= 11 is 0. The van der Waals surface area contributed by atoms with Gasteiger partial charge < -0.3 is 10.2 Å². The van der Waals surface area contributed by atoms with Crippen molar-refractivity contribution < 1.29 is 0 Å². The Morgan fingerprint density at radius 1 is 1.05 bits per heavy atom. The van der Waals surface area contributed by atoms with Gasteiger partial charge in [-0.1, -0.05) is 51.5 Å². The molecule has 2 unspecified atom stereocenters. The molecule has 19 heavy (non-hydrogen) atoms. The fourth-order valence-electron chi connectivity index (χ4n) is 2.81. The van der Waals surface area contributed by atoms with Crippen molar-refractivity contribution in [1.82, 2.24) is 10.2 Å². The molecule has 2 atom stereocenters. The summed E-state index contributed by atoms with van der Waals surface area (Å²) < 4.78 is 0. The monoisotopic (exact) mass is 262 g/mol. The highest BCUT2D eigenvalue weighted by atomic mass is 15.1. The van der Waals surface area contributed by atoms with Gasteiger partial charge in [-0.25, -0.2) is 0 Å². The molecule has 0 saturated heterocycles. The molecule has 1 aromatic carbocycles. The van der Waals surface area contributed by atoms with Gasteiger partial charge in [0.15, 0.2) is 0 Å². The number of rotatable bonds is 7. The maximum absolute atomic E-state index is 3.33. The second-order valence-electron chi connectivity index (χ2n) is 5.96. The molecule has 0 aliphatic carbocycles. The summed E-state index contributed by atoms with van der Waals surface area (Å²) in [7, 11) is 6.40. The molecule has 0 aromatic heterocycles. The molecule has 0 radical (unpaired) electrons. The highest BCUT2D eigenvalue weighted by Crippen LogP contribution is 2.29. The lowest BCUT2D eigenvalue weighted by atomic mass is 9.88. The summed E-state index contributed by atoms with van der Waals surface area (Å²) in [6.45, 7) is 7.83. The molecule has 2 nitrogen and oxygen atoms in total. The number of hydrogen-bond donors (Lipinski definition) is 1. The van der Waals surface area contributed by atoms with Crippen molar-refractivity contribution in [3.05, 3.63) is 35.4 Å². The van der Waals surface area contributed by atoms with Gasteiger partial charge in [0, 0.05) is 6.04 Å². The van der Waals surface area contributed by atoms with E-state index in [0.29, 0.717) is 17.9 Å². The van der Waals surface area contributed by atoms with Crippen LogP contribution in [0.2, 0.25) is 0 Å². The van der Waals surface area contributed by atoms with Gasteiger partial charge >= 0.3 is 0 Å². The Kier molecular flexibility index (Phi) is 6.53. The Balaban J connectivity index is 2.98. The predicted octanol–water partition coefficient (Wildman–Crippen LogP) is 3.66. The molecule has 2 heteroatoms. The molecule has 0 fully saturated rings. The maximum atomic E-state index is 3.33. The minimum Gasteiger partial charge on any atom is -0.319 e. The van der Waals surface area contributed by atoms with Crippen LogP contribution in [-0.4, -0.2) is 32.6 Å². The zero-order valence-electron chi connectivity index (χ0n) is 13.4. The average molecular weight is 262 g/mol. The van der Waals surface area contributed by atoms with Crippen molar-refractivity contribution in [2.45, 2.75) is 39.2 Å². The van der Waals surface area contributed by atoms with Gasteiger partial charge in [0.25, 0.3) is 0 Å². The normalized spacial score (nSPS) is 14.9. The smallest absolute Gasteiger partial charge is 0.0382 e. The largest absolute Gasteiger partial charge is 0.319 e. The van der Waals surface area contributed by atoms with Gasteiger partial charge in [-0.3, -0.25) is 0 Å². The molecule has 0 aliphatic rings. The predicted molar refractivity (Wildman–Crippen MR) is 84.7 cm³/mol. The first kappa shape index (κ1) is 16.2. The molecular formula is C17H30N2. The second-order valence-corrected chi connectivity index (χ2v) is 5.96. The van der Waals surface area contributed by atoms with Gasteiger partial charge in [-0.2, -0.15) is 0 Å². The third-order valence-electron chi connectivity index (χ3n) is 3.94. The van der Waals surface area contributed by atoms with Crippen LogP contribution in [0.15, 0.2) is 24.3 Å². The Labute approximate surface area is 119 Å². The quantitative estimate of drug-likeness (QED) is 0.807. The van der Waals surface area contributed by atoms with Gasteiger partial charge in [0.05, 0.1) is 0 Å². The van der Waals surface area contributed by atoms with Crippen LogP contribution < -0.4 is 5.32 Å². The van der Waals surface area contributed by atoms with Crippen LogP contribution in [0.1, 0.15) is 50.3 Å². The Bertz CT molecular complexity index is 354. The molecule has 0 heterocycles. The van der Waals surface area contributed by atoms with E-state index in [2.05, 4.69) is 69.3 Å². The molecule has 0 amide bonds. The summed E-state index contributed by atoms with van der Waals surface area (Å²) in [5.74, 6) is 1.25. The highest BCUT2D eigenvalue weighted by Gasteiger charge is 2.23. The van der Waals surface area contributed by atoms with E-state index >= 15 is 0 Å². The fraction of sp³-hybridized carbons (Fsp3) is 0.647. The van der Waals surface area contributed by atoms with E-state index in [0.717, 1.165) is 6.54 Å². The van der Waals surface area contributed by atoms with E-state index < -0.39 is 0 Å². The van der Waals surface area contributed by atoms with E-state index in [1.165, 1.54) is 17.5 Å². The van der Waals surface area contributed by atoms with Crippen LogP contribution in [0.25, 0.3) is 0 Å². The number of nitrogens with one attached hydrogen (secondary N) is 1. The summed E-state index contributed by atoms with van der Waals surface area (Å²) in [4.78, 5) is 2.34. The SMILES string of the molecule is CCC(CNC)C(c1ccc(C(C)C)cc1)N(C)C. The number of benzene rings is 1. The minimum absolute atomic E-state index is 0.485. The van der Waals surface area contributed by atoms with Gasteiger partial charge in [0.2, 0.25) is 0 Å². The lowest BCUT2D eigenvalue weighted by molar-refractivity contribution is 0.204. The van der Waals surface area contributed by atoms with Crippen LogP contribution in [0, 0.1) is 5.92 Å². The van der Waals surface area contributed by atoms with E-state index in [9.17, 15) is 0 Å². The standard InChI is InChI=1S/C17H30N2/c1-7-14(12-18-4)17(19(5)6)16-10-8-15(9-11-16)13(2)3/h8-11,13-14,17-18H,7,12H2,1-6H3. The zero-order valence-corrected chi connectivity index (χ0v) is 13.4. The van der Waals surface area contributed by atoms with Crippen molar-refractivity contribution in [2.75, 3.05) is 27.7 Å². The van der Waals surface area contributed by atoms with Crippen molar-refractivity contribution in [3.8, 4) is 0 Å². The van der Waals surface area contributed by atoms with Crippen molar-refractivity contribution in [2.24, 2.45) is 5.92 Å². The van der Waals surface area contributed by atoms with Crippen LogP contribution in [0.3, 0.4) is 0 Å². The molecule has 0 spiro atoms. The van der Waals surface area contributed by atoms with Gasteiger partial charge in [0.1, 0.15) is 0 Å². The van der Waals surface area contributed by atoms with Gasteiger partial charge in [-0.05, 0) is 50.7 Å². The second kappa shape index (κ2) is 7.66. The lowest BCUT2D eigenvalue weighted by Crippen LogP contribution is -2.32. The molecule has 0 bridgehead atoms. The molecule has 108 valence electrons. The molecule has 1 aromatic rings. The third kappa shape index (κ3) is 4.32. The van der Waals surface area contributed by atoms with E-state index in [-0.39, 0.29) is 0 Å². The fourth-order valence-corrected chi connectivity index (χ4v) is 2.81. The summed E-state index contributed by atoms with van der Waals surface area (Å²) in [6, 6.07) is 9.65. The van der Waals surface area contributed by atoms with Crippen molar-refractivity contribution in [3.63, 3.8) is 0 Å². The van der Waals surface area contributed by atoms with Crippen LogP contribution in [0.5, 0.6) is 0 Å². The van der Waals surface area contributed by atoms with Crippen molar-refractivity contribution >= 4 is 0 Å². The maximum Gasteiger partial charge on any atom is 0.0382 e. The Morgan fingerprint density at radius 3 is 1.95 bits per heavy atom. The Morgan fingerprint density at radius 2 is 1.58 bits per heavy atom. The average Bonchev–Trinajstić information content (AvgIpc) is 2.38. The number of hydrogen-bond acceptors (Lipinski definition) is 2. The minimum atomic E-state index is 0.485. The van der Waals surface area contributed by atoms with E-state index in [4.69, 9.17) is 0 Å². The summed E-state index contributed by atoms with van der Waals surface area (Å²) in [5, 5.41) is 3.33. The zero-order chi connectivity index (χ0) is 14.4. The third-order valence-corrected chi connectivity index (χ3v) is 3.94. The molecule has 1 rings (SSSR count). The summed E-state index contributed by atoms with van der Waals surface area (Å²) in [5.41, 5.74) is 2.85. The van der Waals surface area contributed by atoms with Gasteiger partial charge in [-0.15, -0.1) is 0 Å². The summed E-state index contributed by atoms with van der Waals surface area (Å²) in [6.07, 6.45) is 1.19. The Hall–Kier alpha value is -0.860. The van der Waals surface area contributed by atoms with Crippen molar-refractivity contribution in [1.29, 1.82) is 0 Å². The molecular weight excluding hydrogens is 232 g/mol. The van der Waals surface area contributed by atoms with Crippen LogP contribution >= 0.6 is 0 Å². The highest BCUT2D eigenvalue weighted by molar-refractivity contribution is 5.27. The first-order valence-electron chi connectivity index (χ1n) is 7.42. The molecule has 0 saturated carbocycles. The van der Waals surface area contributed by atoms with Crippen LogP contribution in [0.4, 0.5) is 0 Å². The first-order valence-corrected chi connectivity index (χ1v) is 7.42. The lowest BCUT2D eigenvalue weighted by Gasteiger charge is -2.32. The first-order chi connectivity index (χ1) is 9.01. The van der Waals surface area contributed by atoms with E-state index in [1.54, 1.807) is 0 Å². The topological polar surface area (TPSA) is 15.3 Å². The molecule has 0 aliphatic heterocycles. The van der Waals surface area contributed by atoms with Crippen LogP contribution in [-0.2, 0) is 0 Å². The molecule has 1 N–H and O–H groups in total. The van der Waals surface area contributed by atoms with E-state index in [1.807, 2.05) is 7.05 Å². The number of nitrogens with zero attached hydrogens (tertiary/aromatic N) is 1.